The van der Waals surface area contributed by atoms with Crippen molar-refractivity contribution in [3.63, 3.8) is 0 Å². The van der Waals surface area contributed by atoms with Crippen molar-refractivity contribution in [1.82, 2.24) is 4.98 Å². The first-order valence-electron chi connectivity index (χ1n) is 5.25. The fourth-order valence-corrected chi connectivity index (χ4v) is 2.66. The summed E-state index contributed by atoms with van der Waals surface area (Å²) < 4.78 is 0. The smallest absolute Gasteiger partial charge is 0.0641 e. The van der Waals surface area contributed by atoms with Gasteiger partial charge in [-0.05, 0) is 41.8 Å². The number of pyridine rings is 1. The van der Waals surface area contributed by atoms with Crippen LogP contribution in [0.25, 0.3) is 0 Å². The zero-order valence-corrected chi connectivity index (χ0v) is 12.2. The topological polar surface area (TPSA) is 12.9 Å². The monoisotopic (exact) mass is 319 g/mol. The minimum atomic E-state index is -0.281. The van der Waals surface area contributed by atoms with Gasteiger partial charge < -0.3 is 0 Å². The molecule has 0 N–H and O–H groups in total. The summed E-state index contributed by atoms with van der Waals surface area (Å²) in [5.74, 6) is 0. The molecule has 0 amide bonds. The maximum atomic E-state index is 6.37. The number of nitrogens with zero attached hydrogens (tertiary/aromatic N) is 1. The Morgan fingerprint density at radius 1 is 1.06 bits per heavy atom. The lowest BCUT2D eigenvalue weighted by molar-refractivity contribution is 0.917. The number of aromatic nitrogens is 1. The van der Waals surface area contributed by atoms with Gasteiger partial charge in [-0.1, -0.05) is 34.8 Å². The molecule has 0 bridgehead atoms. The standard InChI is InChI=1S/C13H9Cl4N/c14-9-1-2-11(15)10(6-9)12(16)5-8-3-4-18-7-13(8)17/h1-4,6-7,12H,5H2. The molecule has 0 aliphatic heterocycles. The van der Waals surface area contributed by atoms with Gasteiger partial charge in [0.2, 0.25) is 0 Å². The van der Waals surface area contributed by atoms with Crippen LogP contribution in [0.2, 0.25) is 15.1 Å². The lowest BCUT2D eigenvalue weighted by Gasteiger charge is -2.13. The molecule has 1 atom stereocenters. The summed E-state index contributed by atoms with van der Waals surface area (Å²) in [5, 5.41) is 1.53. The van der Waals surface area contributed by atoms with Gasteiger partial charge in [-0.2, -0.15) is 0 Å². The quantitative estimate of drug-likeness (QED) is 0.674. The fourth-order valence-electron chi connectivity index (χ4n) is 1.63. The lowest BCUT2D eigenvalue weighted by atomic mass is 10.0. The van der Waals surface area contributed by atoms with Crippen molar-refractivity contribution >= 4 is 46.4 Å². The van der Waals surface area contributed by atoms with E-state index in [1.807, 2.05) is 6.07 Å². The van der Waals surface area contributed by atoms with Crippen LogP contribution in [0.3, 0.4) is 0 Å². The molecule has 0 saturated heterocycles. The third kappa shape index (κ3) is 3.30. The molecule has 0 aliphatic rings. The van der Waals surface area contributed by atoms with Crippen LogP contribution in [-0.4, -0.2) is 4.98 Å². The summed E-state index contributed by atoms with van der Waals surface area (Å²) in [6, 6.07) is 7.09. The molecule has 0 fully saturated rings. The number of benzene rings is 1. The predicted molar refractivity (Wildman–Crippen MR) is 78.0 cm³/mol. The maximum Gasteiger partial charge on any atom is 0.0641 e. The lowest BCUT2D eigenvalue weighted by Crippen LogP contribution is -1.98. The first kappa shape index (κ1) is 14.0. The van der Waals surface area contributed by atoms with Crippen LogP contribution in [0.15, 0.2) is 36.7 Å². The maximum absolute atomic E-state index is 6.37. The van der Waals surface area contributed by atoms with E-state index in [0.29, 0.717) is 21.5 Å². The summed E-state index contributed by atoms with van der Waals surface area (Å²) >= 11 is 24.5. The van der Waals surface area contributed by atoms with Crippen molar-refractivity contribution in [1.29, 1.82) is 0 Å². The minimum absolute atomic E-state index is 0.281. The predicted octanol–water partition coefficient (Wildman–Crippen LogP) is 5.56. The average Bonchev–Trinajstić information content (AvgIpc) is 2.35. The van der Waals surface area contributed by atoms with E-state index < -0.39 is 0 Å². The molecule has 2 rings (SSSR count). The Bertz CT molecular complexity index is 556. The first-order valence-corrected chi connectivity index (χ1v) is 6.82. The van der Waals surface area contributed by atoms with Crippen LogP contribution < -0.4 is 0 Å². The van der Waals surface area contributed by atoms with Crippen LogP contribution in [0.5, 0.6) is 0 Å². The second-order valence-corrected chi connectivity index (χ2v) is 5.58. The van der Waals surface area contributed by atoms with E-state index in [1.54, 1.807) is 30.6 Å². The van der Waals surface area contributed by atoms with Crippen molar-refractivity contribution in [2.24, 2.45) is 0 Å². The molecule has 5 heteroatoms. The van der Waals surface area contributed by atoms with E-state index in [4.69, 9.17) is 46.4 Å². The van der Waals surface area contributed by atoms with Gasteiger partial charge in [0, 0.05) is 22.4 Å². The van der Waals surface area contributed by atoms with E-state index in [2.05, 4.69) is 4.98 Å². The van der Waals surface area contributed by atoms with Crippen molar-refractivity contribution in [3.8, 4) is 0 Å². The normalized spacial score (nSPS) is 12.4. The molecule has 18 heavy (non-hydrogen) atoms. The van der Waals surface area contributed by atoms with Gasteiger partial charge in [0.05, 0.1) is 10.4 Å². The van der Waals surface area contributed by atoms with E-state index in [1.165, 1.54) is 0 Å². The SMILES string of the molecule is Clc1ccc(Cl)c(C(Cl)Cc2ccncc2Cl)c1. The molecular weight excluding hydrogens is 312 g/mol. The summed E-state index contributed by atoms with van der Waals surface area (Å²) in [7, 11) is 0. The molecule has 1 heterocycles. The highest BCUT2D eigenvalue weighted by molar-refractivity contribution is 6.35. The van der Waals surface area contributed by atoms with Gasteiger partial charge >= 0.3 is 0 Å². The van der Waals surface area contributed by atoms with Crippen LogP contribution in [0.4, 0.5) is 0 Å². The van der Waals surface area contributed by atoms with E-state index in [0.717, 1.165) is 11.1 Å². The Kier molecular flexibility index (Phi) is 4.74. The molecule has 94 valence electrons. The molecule has 2 aromatic rings. The summed E-state index contributed by atoms with van der Waals surface area (Å²) in [6.45, 7) is 0. The zero-order chi connectivity index (χ0) is 13.1. The number of rotatable bonds is 3. The van der Waals surface area contributed by atoms with E-state index >= 15 is 0 Å². The number of alkyl halides is 1. The molecule has 0 aliphatic carbocycles. The number of halogens is 4. The van der Waals surface area contributed by atoms with Gasteiger partial charge in [-0.15, -0.1) is 11.6 Å². The van der Waals surface area contributed by atoms with Crippen molar-refractivity contribution in [2.45, 2.75) is 11.8 Å². The highest BCUT2D eigenvalue weighted by Gasteiger charge is 2.14. The largest absolute Gasteiger partial charge is 0.263 e. The highest BCUT2D eigenvalue weighted by Crippen LogP contribution is 2.33. The molecule has 0 spiro atoms. The Hall–Kier alpha value is -0.470. The third-order valence-corrected chi connectivity index (χ3v) is 3.86. The summed E-state index contributed by atoms with van der Waals surface area (Å²) in [6.07, 6.45) is 3.85. The molecule has 1 aromatic carbocycles. The van der Waals surface area contributed by atoms with Crippen LogP contribution >= 0.6 is 46.4 Å². The van der Waals surface area contributed by atoms with Crippen LogP contribution in [0.1, 0.15) is 16.5 Å². The highest BCUT2D eigenvalue weighted by atomic mass is 35.5. The Labute approximate surface area is 126 Å². The van der Waals surface area contributed by atoms with E-state index in [9.17, 15) is 0 Å². The van der Waals surface area contributed by atoms with Gasteiger partial charge in [-0.3, -0.25) is 4.98 Å². The average molecular weight is 321 g/mol. The van der Waals surface area contributed by atoms with Crippen molar-refractivity contribution in [2.75, 3.05) is 0 Å². The van der Waals surface area contributed by atoms with Gasteiger partial charge in [0.1, 0.15) is 0 Å². The summed E-state index contributed by atoms with van der Waals surface area (Å²) in [5.41, 5.74) is 1.74. The molecule has 0 saturated carbocycles. The fraction of sp³-hybridized carbons (Fsp3) is 0.154. The number of hydrogen-bond acceptors (Lipinski definition) is 1. The van der Waals surface area contributed by atoms with E-state index in [-0.39, 0.29) is 5.38 Å². The number of hydrogen-bond donors (Lipinski definition) is 0. The second-order valence-electron chi connectivity index (χ2n) is 3.80. The van der Waals surface area contributed by atoms with Crippen molar-refractivity contribution in [3.05, 3.63) is 62.9 Å². The molecule has 1 unspecified atom stereocenters. The van der Waals surface area contributed by atoms with Gasteiger partial charge in [0.15, 0.2) is 0 Å². The molecular formula is C13H9Cl4N. The molecule has 1 nitrogen and oxygen atoms in total. The third-order valence-electron chi connectivity index (χ3n) is 2.55. The van der Waals surface area contributed by atoms with Crippen LogP contribution in [0, 0.1) is 0 Å². The Balaban J connectivity index is 2.25. The van der Waals surface area contributed by atoms with Crippen molar-refractivity contribution < 1.29 is 0 Å². The minimum Gasteiger partial charge on any atom is -0.263 e. The van der Waals surface area contributed by atoms with Gasteiger partial charge in [0.25, 0.3) is 0 Å². The second kappa shape index (κ2) is 6.12. The first-order chi connectivity index (χ1) is 8.58. The Morgan fingerprint density at radius 3 is 2.56 bits per heavy atom. The molecule has 0 radical (unpaired) electrons. The molecule has 1 aromatic heterocycles. The summed E-state index contributed by atoms with van der Waals surface area (Å²) in [4.78, 5) is 3.93. The zero-order valence-electron chi connectivity index (χ0n) is 9.21. The Morgan fingerprint density at radius 2 is 1.83 bits per heavy atom. The van der Waals surface area contributed by atoms with Crippen LogP contribution in [-0.2, 0) is 6.42 Å². The van der Waals surface area contributed by atoms with Gasteiger partial charge in [-0.25, -0.2) is 0 Å².